The van der Waals surface area contributed by atoms with Crippen molar-refractivity contribution in [1.29, 1.82) is 0 Å². The van der Waals surface area contributed by atoms with Gasteiger partial charge in [0.05, 0.1) is 12.1 Å². The van der Waals surface area contributed by atoms with Crippen LogP contribution in [0.3, 0.4) is 0 Å². The Morgan fingerprint density at radius 3 is 2.33 bits per heavy atom. The van der Waals surface area contributed by atoms with Gasteiger partial charge in [0, 0.05) is 6.54 Å². The molecule has 136 valence electrons. The van der Waals surface area contributed by atoms with Crippen LogP contribution in [-0.2, 0) is 11.2 Å². The summed E-state index contributed by atoms with van der Waals surface area (Å²) < 4.78 is 5.32. The molecule has 0 aliphatic heterocycles. The number of benzene rings is 1. The van der Waals surface area contributed by atoms with Crippen LogP contribution in [0.15, 0.2) is 30.3 Å². The molecule has 1 aromatic rings. The third kappa shape index (κ3) is 8.89. The molecule has 5 nitrogen and oxygen atoms in total. The topological polar surface area (TPSA) is 70.6 Å². The first-order valence-corrected chi connectivity index (χ1v) is 8.59. The molecule has 0 bridgehead atoms. The molecule has 0 aliphatic carbocycles. The van der Waals surface area contributed by atoms with Gasteiger partial charge in [-0.05, 0) is 45.2 Å². The molecule has 0 heterocycles. The van der Waals surface area contributed by atoms with Gasteiger partial charge < -0.3 is 20.5 Å². The first kappa shape index (κ1) is 20.5. The minimum atomic E-state index is -0.698. The van der Waals surface area contributed by atoms with E-state index in [1.54, 1.807) is 0 Å². The zero-order valence-electron chi connectivity index (χ0n) is 15.5. The van der Waals surface area contributed by atoms with Gasteiger partial charge in [-0.15, -0.1) is 0 Å². The fourth-order valence-electron chi connectivity index (χ4n) is 2.27. The molecule has 0 aromatic heterocycles. The highest BCUT2D eigenvalue weighted by Gasteiger charge is 2.24. The number of hydrogen-bond donors (Lipinski definition) is 3. The number of alkyl carbamates (subject to hydrolysis) is 1. The van der Waals surface area contributed by atoms with Crippen molar-refractivity contribution >= 4 is 6.09 Å². The van der Waals surface area contributed by atoms with Gasteiger partial charge in [-0.1, -0.05) is 44.2 Å². The van der Waals surface area contributed by atoms with Gasteiger partial charge in [0.1, 0.15) is 5.60 Å². The first-order chi connectivity index (χ1) is 11.2. The van der Waals surface area contributed by atoms with Gasteiger partial charge in [0.2, 0.25) is 0 Å². The summed E-state index contributed by atoms with van der Waals surface area (Å²) in [6.07, 6.45) is -0.659. The normalized spacial score (nSPS) is 14.3. The molecule has 0 spiro atoms. The highest BCUT2D eigenvalue weighted by Crippen LogP contribution is 2.10. The van der Waals surface area contributed by atoms with Crippen LogP contribution in [0.2, 0.25) is 0 Å². The van der Waals surface area contributed by atoms with E-state index in [4.69, 9.17) is 4.74 Å². The Morgan fingerprint density at radius 1 is 1.17 bits per heavy atom. The summed E-state index contributed by atoms with van der Waals surface area (Å²) in [6.45, 7) is 10.9. The number of carbonyl (C=O) groups excluding carboxylic acids is 1. The van der Waals surface area contributed by atoms with E-state index in [0.717, 1.165) is 12.1 Å². The standard InChI is InChI=1S/C19H32N2O3/c1-14(2)12-20-13-17(22)16(11-15-9-7-6-8-10-15)21-18(23)24-19(3,4)5/h6-10,14,16-17,20,22H,11-13H2,1-5H3,(H,21,23)/t16-,17+/m1/s1. The molecule has 1 rings (SSSR count). The molecule has 0 radical (unpaired) electrons. The molecule has 0 fully saturated rings. The van der Waals surface area contributed by atoms with Crippen molar-refractivity contribution in [2.24, 2.45) is 5.92 Å². The SMILES string of the molecule is CC(C)CNC[C@H](O)[C@@H](Cc1ccccc1)NC(=O)OC(C)(C)C. The molecule has 3 N–H and O–H groups in total. The fraction of sp³-hybridized carbons (Fsp3) is 0.632. The van der Waals surface area contributed by atoms with Crippen molar-refractivity contribution in [2.45, 2.75) is 58.8 Å². The van der Waals surface area contributed by atoms with Crippen LogP contribution in [0.1, 0.15) is 40.2 Å². The molecule has 0 saturated carbocycles. The number of hydrogen-bond acceptors (Lipinski definition) is 4. The number of carbonyl (C=O) groups is 1. The largest absolute Gasteiger partial charge is 0.444 e. The highest BCUT2D eigenvalue weighted by atomic mass is 16.6. The van der Waals surface area contributed by atoms with E-state index in [1.165, 1.54) is 0 Å². The van der Waals surface area contributed by atoms with E-state index in [-0.39, 0.29) is 0 Å². The Bertz CT molecular complexity index is 483. The summed E-state index contributed by atoms with van der Waals surface area (Å²) in [6, 6.07) is 9.39. The van der Waals surface area contributed by atoms with E-state index in [0.29, 0.717) is 18.9 Å². The smallest absolute Gasteiger partial charge is 0.407 e. The molecule has 0 saturated heterocycles. The Kier molecular flexibility index (Phi) is 8.22. The van der Waals surface area contributed by atoms with Gasteiger partial charge in [-0.3, -0.25) is 0 Å². The molecular formula is C19H32N2O3. The summed E-state index contributed by atoms with van der Waals surface area (Å²) in [5.74, 6) is 0.503. The Labute approximate surface area is 145 Å². The molecular weight excluding hydrogens is 304 g/mol. The highest BCUT2D eigenvalue weighted by molar-refractivity contribution is 5.68. The van der Waals surface area contributed by atoms with Crippen molar-refractivity contribution in [3.05, 3.63) is 35.9 Å². The van der Waals surface area contributed by atoms with Gasteiger partial charge in [-0.2, -0.15) is 0 Å². The molecule has 0 aliphatic rings. The number of rotatable bonds is 8. The zero-order valence-corrected chi connectivity index (χ0v) is 15.5. The predicted octanol–water partition coefficient (Wildman–Crippen LogP) is 2.73. The number of amides is 1. The number of ether oxygens (including phenoxy) is 1. The lowest BCUT2D eigenvalue weighted by Gasteiger charge is -2.27. The van der Waals surface area contributed by atoms with Gasteiger partial charge in [0.15, 0.2) is 0 Å². The first-order valence-electron chi connectivity index (χ1n) is 8.59. The third-order valence-corrected chi connectivity index (χ3v) is 3.37. The van der Waals surface area contributed by atoms with Crippen LogP contribution in [0.5, 0.6) is 0 Å². The summed E-state index contributed by atoms with van der Waals surface area (Å²) in [5.41, 5.74) is 0.490. The van der Waals surface area contributed by atoms with Crippen molar-refractivity contribution < 1.29 is 14.6 Å². The van der Waals surface area contributed by atoms with E-state index in [2.05, 4.69) is 24.5 Å². The molecule has 5 heteroatoms. The maximum atomic E-state index is 12.1. The lowest BCUT2D eigenvalue weighted by molar-refractivity contribution is 0.0422. The monoisotopic (exact) mass is 336 g/mol. The van der Waals surface area contributed by atoms with Gasteiger partial charge >= 0.3 is 6.09 Å². The van der Waals surface area contributed by atoms with E-state index < -0.39 is 23.8 Å². The van der Waals surface area contributed by atoms with Crippen LogP contribution in [0.25, 0.3) is 0 Å². The lowest BCUT2D eigenvalue weighted by Crippen LogP contribution is -2.50. The van der Waals surface area contributed by atoms with Crippen LogP contribution in [0, 0.1) is 5.92 Å². The fourth-order valence-corrected chi connectivity index (χ4v) is 2.27. The number of nitrogens with one attached hydrogen (secondary N) is 2. The maximum Gasteiger partial charge on any atom is 0.407 e. The average Bonchev–Trinajstić information content (AvgIpc) is 2.45. The second-order valence-corrected chi connectivity index (χ2v) is 7.56. The molecule has 0 unspecified atom stereocenters. The summed E-state index contributed by atoms with van der Waals surface area (Å²) >= 11 is 0. The lowest BCUT2D eigenvalue weighted by atomic mass is 10.0. The minimum absolute atomic E-state index is 0.415. The molecule has 1 amide bonds. The van der Waals surface area contributed by atoms with E-state index >= 15 is 0 Å². The summed E-state index contributed by atoms with van der Waals surface area (Å²) in [4.78, 5) is 12.1. The number of aliphatic hydroxyl groups is 1. The molecule has 1 aromatic carbocycles. The van der Waals surface area contributed by atoms with Crippen molar-refractivity contribution in [3.8, 4) is 0 Å². The van der Waals surface area contributed by atoms with Crippen LogP contribution in [-0.4, -0.2) is 42.0 Å². The second-order valence-electron chi connectivity index (χ2n) is 7.56. The maximum absolute atomic E-state index is 12.1. The Balaban J connectivity index is 2.69. The van der Waals surface area contributed by atoms with Gasteiger partial charge in [0.25, 0.3) is 0 Å². The van der Waals surface area contributed by atoms with E-state index in [9.17, 15) is 9.90 Å². The molecule has 2 atom stereocenters. The van der Waals surface area contributed by atoms with Crippen molar-refractivity contribution in [3.63, 3.8) is 0 Å². The summed E-state index contributed by atoms with van der Waals surface area (Å²) in [5, 5.41) is 16.5. The quantitative estimate of drug-likeness (QED) is 0.683. The van der Waals surface area contributed by atoms with Crippen LogP contribution in [0.4, 0.5) is 4.79 Å². The van der Waals surface area contributed by atoms with Gasteiger partial charge in [-0.25, -0.2) is 4.79 Å². The zero-order chi connectivity index (χ0) is 18.2. The van der Waals surface area contributed by atoms with Crippen LogP contribution < -0.4 is 10.6 Å². The minimum Gasteiger partial charge on any atom is -0.444 e. The average molecular weight is 336 g/mol. The Hall–Kier alpha value is -1.59. The van der Waals surface area contributed by atoms with Crippen molar-refractivity contribution in [2.75, 3.05) is 13.1 Å². The third-order valence-electron chi connectivity index (χ3n) is 3.37. The molecule has 24 heavy (non-hydrogen) atoms. The van der Waals surface area contributed by atoms with Crippen LogP contribution >= 0.6 is 0 Å². The Morgan fingerprint density at radius 2 is 1.79 bits per heavy atom. The van der Waals surface area contributed by atoms with E-state index in [1.807, 2.05) is 51.1 Å². The second kappa shape index (κ2) is 9.64. The van der Waals surface area contributed by atoms with Crippen molar-refractivity contribution in [1.82, 2.24) is 10.6 Å². The number of aliphatic hydroxyl groups excluding tert-OH is 1. The summed E-state index contributed by atoms with van der Waals surface area (Å²) in [7, 11) is 0. The predicted molar refractivity (Wildman–Crippen MR) is 97.0 cm³/mol.